The summed E-state index contributed by atoms with van der Waals surface area (Å²) in [4.78, 5) is 8.53. The number of sulfonamides is 1. The largest absolute Gasteiger partial charge is 0.339 e. The topological polar surface area (TPSA) is 76.9 Å². The van der Waals surface area contributed by atoms with Crippen molar-refractivity contribution >= 4 is 21.4 Å². The summed E-state index contributed by atoms with van der Waals surface area (Å²) in [6.45, 7) is 2.03. The molecule has 0 aliphatic rings. The maximum absolute atomic E-state index is 12.7. The fourth-order valence-corrected chi connectivity index (χ4v) is 4.47. The Morgan fingerprint density at radius 3 is 2.64 bits per heavy atom. The number of hydrogen-bond acceptors (Lipinski definition) is 5. The van der Waals surface area contributed by atoms with E-state index >= 15 is 0 Å². The number of rotatable bonds is 7. The molecule has 0 fully saturated rings. The fraction of sp³-hybridized carbons (Fsp3) is 0.294. The monoisotopic (exact) mass is 376 g/mol. The second-order valence-corrected chi connectivity index (χ2v) is 8.36. The van der Waals surface area contributed by atoms with Crippen molar-refractivity contribution in [3.05, 3.63) is 64.5 Å². The highest BCUT2D eigenvalue weighted by Crippen LogP contribution is 2.23. The van der Waals surface area contributed by atoms with E-state index in [-0.39, 0.29) is 5.03 Å². The van der Waals surface area contributed by atoms with Gasteiger partial charge in [0.15, 0.2) is 5.03 Å². The minimum absolute atomic E-state index is 0.0130. The second kappa shape index (κ2) is 7.47. The van der Waals surface area contributed by atoms with E-state index in [4.69, 9.17) is 0 Å². The van der Waals surface area contributed by atoms with E-state index in [2.05, 4.69) is 14.7 Å². The van der Waals surface area contributed by atoms with Gasteiger partial charge < -0.3 is 4.57 Å². The molecule has 0 radical (unpaired) electrons. The highest BCUT2D eigenvalue weighted by atomic mass is 32.2. The Balaban J connectivity index is 1.90. The predicted octanol–water partition coefficient (Wildman–Crippen LogP) is 2.70. The number of imidazole rings is 1. The smallest absolute Gasteiger partial charge is 0.260 e. The van der Waals surface area contributed by atoms with Gasteiger partial charge in [0.2, 0.25) is 0 Å². The van der Waals surface area contributed by atoms with Crippen LogP contribution in [0.25, 0.3) is 0 Å². The number of aromatic nitrogens is 3. The van der Waals surface area contributed by atoms with Crippen molar-refractivity contribution in [2.24, 2.45) is 7.05 Å². The molecule has 0 bridgehead atoms. The molecule has 0 unspecified atom stereocenters. The third-order valence-corrected chi connectivity index (χ3v) is 6.13. The molecule has 2 heterocycles. The minimum Gasteiger partial charge on any atom is -0.339 e. The molecule has 25 heavy (non-hydrogen) atoms. The normalized spacial score (nSPS) is 13.0. The number of benzene rings is 1. The summed E-state index contributed by atoms with van der Waals surface area (Å²) < 4.78 is 29.7. The molecule has 8 heteroatoms. The molecule has 0 saturated carbocycles. The Labute approximate surface area is 151 Å². The number of hydrogen-bond donors (Lipinski definition) is 1. The fourth-order valence-electron chi connectivity index (χ4n) is 2.48. The maximum atomic E-state index is 12.7. The van der Waals surface area contributed by atoms with Gasteiger partial charge in [0.25, 0.3) is 10.0 Å². The van der Waals surface area contributed by atoms with Crippen molar-refractivity contribution in [2.45, 2.75) is 30.8 Å². The molecule has 0 amide bonds. The lowest BCUT2D eigenvalue weighted by Crippen LogP contribution is -2.30. The quantitative estimate of drug-likeness (QED) is 0.688. The molecule has 132 valence electrons. The van der Waals surface area contributed by atoms with Crippen LogP contribution in [0, 0.1) is 0 Å². The van der Waals surface area contributed by atoms with Crippen molar-refractivity contribution in [3.63, 3.8) is 0 Å². The number of nitrogens with zero attached hydrogens (tertiary/aromatic N) is 3. The van der Waals surface area contributed by atoms with Crippen LogP contribution in [0.3, 0.4) is 0 Å². The van der Waals surface area contributed by atoms with Crippen LogP contribution in [-0.2, 0) is 29.9 Å². The molecule has 0 aliphatic carbocycles. The van der Waals surface area contributed by atoms with Crippen molar-refractivity contribution in [2.75, 3.05) is 0 Å². The van der Waals surface area contributed by atoms with Crippen LogP contribution in [-0.4, -0.2) is 23.0 Å². The van der Waals surface area contributed by atoms with Crippen LogP contribution in [0.15, 0.2) is 53.3 Å². The van der Waals surface area contributed by atoms with E-state index in [9.17, 15) is 8.42 Å². The first-order chi connectivity index (χ1) is 12.0. The molecule has 3 rings (SSSR count). The van der Waals surface area contributed by atoms with Gasteiger partial charge in [0.1, 0.15) is 0 Å². The Bertz CT molecular complexity index is 932. The zero-order valence-electron chi connectivity index (χ0n) is 14.1. The van der Waals surface area contributed by atoms with Gasteiger partial charge in [-0.15, -0.1) is 11.3 Å². The van der Waals surface area contributed by atoms with Crippen LogP contribution in [0.4, 0.5) is 0 Å². The summed E-state index contributed by atoms with van der Waals surface area (Å²) in [6.07, 6.45) is 4.31. The average Bonchev–Trinajstić information content (AvgIpc) is 3.24. The highest BCUT2D eigenvalue weighted by molar-refractivity contribution is 7.89. The summed E-state index contributed by atoms with van der Waals surface area (Å²) in [5.41, 5.74) is 1.78. The molecule has 6 nitrogen and oxygen atoms in total. The molecule has 1 N–H and O–H groups in total. The molecule has 1 atom stereocenters. The zero-order chi connectivity index (χ0) is 17.9. The summed E-state index contributed by atoms with van der Waals surface area (Å²) in [6, 6.07) is 9.35. The van der Waals surface area contributed by atoms with Crippen LogP contribution >= 0.6 is 11.3 Å². The minimum atomic E-state index is -3.72. The van der Waals surface area contributed by atoms with Gasteiger partial charge in [0.05, 0.1) is 23.1 Å². The van der Waals surface area contributed by atoms with Gasteiger partial charge in [-0.05, 0) is 18.4 Å². The third kappa shape index (κ3) is 4.33. The molecule has 0 saturated heterocycles. The van der Waals surface area contributed by atoms with Gasteiger partial charge in [-0.1, -0.05) is 37.3 Å². The number of thiazole rings is 1. The standard InChI is InChI=1S/C17H20N4O2S2/c1-3-16-19-15(11-24-16)14(9-13-7-5-4-6-8-13)20-25(22,23)17-10-21(2)12-18-17/h4-8,10-12,14,20H,3,9H2,1-2H3/t14-/m0/s1. The van der Waals surface area contributed by atoms with E-state index in [1.807, 2.05) is 42.6 Å². The Kier molecular flexibility index (Phi) is 5.31. The van der Waals surface area contributed by atoms with Gasteiger partial charge >= 0.3 is 0 Å². The van der Waals surface area contributed by atoms with Crippen LogP contribution in [0.2, 0.25) is 0 Å². The Hall–Kier alpha value is -2.03. The second-order valence-electron chi connectivity index (χ2n) is 5.76. The first-order valence-electron chi connectivity index (χ1n) is 7.96. The summed E-state index contributed by atoms with van der Waals surface area (Å²) in [7, 11) is -1.98. The van der Waals surface area contributed by atoms with E-state index < -0.39 is 16.1 Å². The molecular weight excluding hydrogens is 356 g/mol. The van der Waals surface area contributed by atoms with Crippen molar-refractivity contribution in [1.29, 1.82) is 0 Å². The van der Waals surface area contributed by atoms with Crippen LogP contribution < -0.4 is 4.72 Å². The van der Waals surface area contributed by atoms with E-state index in [0.717, 1.165) is 22.7 Å². The molecule has 0 spiro atoms. The molecule has 1 aromatic carbocycles. The lowest BCUT2D eigenvalue weighted by molar-refractivity contribution is 0.547. The first kappa shape index (κ1) is 17.8. The van der Waals surface area contributed by atoms with E-state index in [0.29, 0.717) is 6.42 Å². The van der Waals surface area contributed by atoms with E-state index in [1.54, 1.807) is 23.0 Å². The van der Waals surface area contributed by atoms with Crippen molar-refractivity contribution in [1.82, 2.24) is 19.3 Å². The van der Waals surface area contributed by atoms with Gasteiger partial charge in [0, 0.05) is 18.6 Å². The van der Waals surface area contributed by atoms with Crippen molar-refractivity contribution < 1.29 is 8.42 Å². The molecule has 2 aromatic heterocycles. The lowest BCUT2D eigenvalue weighted by atomic mass is 10.1. The van der Waals surface area contributed by atoms with E-state index in [1.165, 1.54) is 12.5 Å². The number of aryl methyl sites for hydroxylation is 2. The van der Waals surface area contributed by atoms with Gasteiger partial charge in [-0.25, -0.2) is 23.1 Å². The summed E-state index contributed by atoms with van der Waals surface area (Å²) in [5.74, 6) is 0. The highest BCUT2D eigenvalue weighted by Gasteiger charge is 2.25. The third-order valence-electron chi connectivity index (χ3n) is 3.77. The molecular formula is C17H20N4O2S2. The van der Waals surface area contributed by atoms with Crippen LogP contribution in [0.5, 0.6) is 0 Å². The maximum Gasteiger partial charge on any atom is 0.260 e. The average molecular weight is 377 g/mol. The molecule has 3 aromatic rings. The SMILES string of the molecule is CCc1nc([C@H](Cc2ccccc2)NS(=O)(=O)c2cn(C)cn2)cs1. The molecule has 0 aliphatic heterocycles. The first-order valence-corrected chi connectivity index (χ1v) is 10.3. The van der Waals surface area contributed by atoms with Gasteiger partial charge in [-0.2, -0.15) is 0 Å². The lowest BCUT2D eigenvalue weighted by Gasteiger charge is -2.16. The summed E-state index contributed by atoms with van der Waals surface area (Å²) in [5, 5.41) is 2.93. The van der Waals surface area contributed by atoms with Gasteiger partial charge in [-0.3, -0.25) is 0 Å². The number of nitrogens with one attached hydrogen (secondary N) is 1. The summed E-state index contributed by atoms with van der Waals surface area (Å²) >= 11 is 1.55. The zero-order valence-corrected chi connectivity index (χ0v) is 15.7. The Morgan fingerprint density at radius 1 is 1.28 bits per heavy atom. The predicted molar refractivity (Wildman–Crippen MR) is 97.9 cm³/mol. The van der Waals surface area contributed by atoms with Crippen molar-refractivity contribution in [3.8, 4) is 0 Å². The van der Waals surface area contributed by atoms with Crippen LogP contribution in [0.1, 0.15) is 29.2 Å². The Morgan fingerprint density at radius 2 is 2.04 bits per heavy atom.